The van der Waals surface area contributed by atoms with Crippen LogP contribution in [0.15, 0.2) is 42.5 Å². The fraction of sp³-hybridized carbons (Fsp3) is 0.263. The summed E-state index contributed by atoms with van der Waals surface area (Å²) in [7, 11) is 0. The number of amides is 1. The van der Waals surface area contributed by atoms with Crippen LogP contribution in [0.1, 0.15) is 33.9 Å². The van der Waals surface area contributed by atoms with Crippen LogP contribution in [0, 0.1) is 20.8 Å². The molecule has 2 aromatic carbocycles. The number of alkyl carbamates (subject to hydrolysis) is 1. The van der Waals surface area contributed by atoms with Crippen LogP contribution in [0.5, 0.6) is 0 Å². The molecule has 0 aliphatic carbocycles. The Bertz CT molecular complexity index is 717. The van der Waals surface area contributed by atoms with Gasteiger partial charge in [-0.2, -0.15) is 0 Å². The van der Waals surface area contributed by atoms with Gasteiger partial charge in [0.05, 0.1) is 0 Å². The number of carbonyl (C=O) groups is 2. The van der Waals surface area contributed by atoms with Gasteiger partial charge >= 0.3 is 12.1 Å². The normalized spacial score (nSPS) is 11.6. The summed E-state index contributed by atoms with van der Waals surface area (Å²) in [6, 6.07) is 11.9. The molecule has 2 aromatic rings. The second kappa shape index (κ2) is 7.64. The number of aryl methyl sites for hydroxylation is 3. The maximum atomic E-state index is 12.0. The lowest BCUT2D eigenvalue weighted by Gasteiger charge is -2.20. The minimum atomic E-state index is -1.14. The predicted molar refractivity (Wildman–Crippen MR) is 90.8 cm³/mol. The third kappa shape index (κ3) is 4.35. The highest BCUT2D eigenvalue weighted by molar-refractivity contribution is 5.82. The van der Waals surface area contributed by atoms with Gasteiger partial charge in [-0.25, -0.2) is 9.59 Å². The van der Waals surface area contributed by atoms with E-state index in [1.807, 2.05) is 63.2 Å². The molecule has 126 valence electrons. The lowest BCUT2D eigenvalue weighted by molar-refractivity contribution is -0.139. The maximum Gasteiger partial charge on any atom is 0.408 e. The summed E-state index contributed by atoms with van der Waals surface area (Å²) in [5, 5.41) is 12.0. The van der Waals surface area contributed by atoms with Gasteiger partial charge in [0, 0.05) is 0 Å². The summed E-state index contributed by atoms with van der Waals surface area (Å²) in [6.45, 7) is 5.70. The molecule has 0 aliphatic rings. The molecule has 0 aromatic heterocycles. The molecule has 1 amide bonds. The molecule has 1 unspecified atom stereocenters. The lowest BCUT2D eigenvalue weighted by Crippen LogP contribution is -2.35. The van der Waals surface area contributed by atoms with E-state index in [1.165, 1.54) is 0 Å². The topological polar surface area (TPSA) is 75.6 Å². The number of rotatable bonds is 5. The van der Waals surface area contributed by atoms with E-state index in [4.69, 9.17) is 4.74 Å². The van der Waals surface area contributed by atoms with E-state index in [-0.39, 0.29) is 6.61 Å². The number of carbonyl (C=O) groups excluding carboxylic acids is 1. The highest BCUT2D eigenvalue weighted by Gasteiger charge is 2.26. The molecule has 0 fully saturated rings. The van der Waals surface area contributed by atoms with E-state index in [0.29, 0.717) is 5.56 Å². The van der Waals surface area contributed by atoms with Crippen LogP contribution in [0.4, 0.5) is 4.79 Å². The van der Waals surface area contributed by atoms with E-state index in [0.717, 1.165) is 22.3 Å². The molecule has 1 atom stereocenters. The van der Waals surface area contributed by atoms with Crippen molar-refractivity contribution < 1.29 is 19.4 Å². The Morgan fingerprint density at radius 2 is 1.67 bits per heavy atom. The molecule has 2 N–H and O–H groups in total. The average molecular weight is 327 g/mol. The molecule has 24 heavy (non-hydrogen) atoms. The summed E-state index contributed by atoms with van der Waals surface area (Å²) in [5.41, 5.74) is 4.11. The Balaban J connectivity index is 2.12. The number of hydrogen-bond donors (Lipinski definition) is 2. The Kier molecular flexibility index (Phi) is 5.58. The number of aliphatic carboxylic acids is 1. The van der Waals surface area contributed by atoms with Crippen molar-refractivity contribution in [1.82, 2.24) is 5.32 Å². The molecule has 0 aliphatic heterocycles. The summed E-state index contributed by atoms with van der Waals surface area (Å²) in [6.07, 6.45) is -0.759. The largest absolute Gasteiger partial charge is 0.479 e. The maximum absolute atomic E-state index is 12.0. The fourth-order valence-electron chi connectivity index (χ4n) is 2.79. The molecule has 0 spiro atoms. The molecular weight excluding hydrogens is 306 g/mol. The Hall–Kier alpha value is -2.82. The first-order valence-corrected chi connectivity index (χ1v) is 7.66. The number of hydrogen-bond acceptors (Lipinski definition) is 3. The van der Waals surface area contributed by atoms with E-state index in [2.05, 4.69) is 5.32 Å². The van der Waals surface area contributed by atoms with Crippen LogP contribution in [-0.2, 0) is 16.1 Å². The molecule has 0 saturated heterocycles. The Labute approximate surface area is 141 Å². The molecular formula is C19H21NO4. The standard InChI is InChI=1S/C19H21NO4/c1-12-9-13(2)16(14(3)10-12)17(18(21)22)20-19(23)24-11-15-7-5-4-6-8-15/h4-10,17H,11H2,1-3H3,(H,20,23)(H,21,22). The minimum absolute atomic E-state index is 0.0882. The van der Waals surface area contributed by atoms with Crippen molar-refractivity contribution in [2.45, 2.75) is 33.4 Å². The highest BCUT2D eigenvalue weighted by atomic mass is 16.5. The number of carboxylic acids is 1. The molecule has 2 rings (SSSR count). The number of carboxylic acid groups (broad SMARTS) is 1. The van der Waals surface area contributed by atoms with Gasteiger partial charge in [0.1, 0.15) is 6.61 Å². The molecule has 5 nitrogen and oxygen atoms in total. The zero-order chi connectivity index (χ0) is 17.7. The summed E-state index contributed by atoms with van der Waals surface area (Å²) < 4.78 is 5.12. The van der Waals surface area contributed by atoms with E-state index < -0.39 is 18.1 Å². The van der Waals surface area contributed by atoms with Crippen molar-refractivity contribution in [3.8, 4) is 0 Å². The van der Waals surface area contributed by atoms with Crippen LogP contribution in [0.3, 0.4) is 0 Å². The SMILES string of the molecule is Cc1cc(C)c(C(NC(=O)OCc2ccccc2)C(=O)O)c(C)c1. The van der Waals surface area contributed by atoms with Gasteiger partial charge in [0.15, 0.2) is 6.04 Å². The number of nitrogens with one attached hydrogen (secondary N) is 1. The molecule has 0 radical (unpaired) electrons. The van der Waals surface area contributed by atoms with Crippen LogP contribution in [-0.4, -0.2) is 17.2 Å². The van der Waals surface area contributed by atoms with Crippen molar-refractivity contribution in [1.29, 1.82) is 0 Å². The van der Waals surface area contributed by atoms with Gasteiger partial charge in [-0.15, -0.1) is 0 Å². The van der Waals surface area contributed by atoms with Gasteiger partial charge in [-0.1, -0.05) is 48.0 Å². The predicted octanol–water partition coefficient (Wildman–Crippen LogP) is 3.66. The third-order valence-corrected chi connectivity index (χ3v) is 3.75. The van der Waals surface area contributed by atoms with Crippen molar-refractivity contribution >= 4 is 12.1 Å². The summed E-state index contributed by atoms with van der Waals surface area (Å²) in [5.74, 6) is -1.12. The quantitative estimate of drug-likeness (QED) is 0.878. The zero-order valence-electron chi connectivity index (χ0n) is 14.0. The molecule has 0 bridgehead atoms. The number of benzene rings is 2. The summed E-state index contributed by atoms with van der Waals surface area (Å²) >= 11 is 0. The fourth-order valence-corrected chi connectivity index (χ4v) is 2.79. The monoisotopic (exact) mass is 327 g/mol. The van der Waals surface area contributed by atoms with Gasteiger partial charge < -0.3 is 15.2 Å². The highest BCUT2D eigenvalue weighted by Crippen LogP contribution is 2.24. The first-order chi connectivity index (χ1) is 11.4. The number of ether oxygens (including phenoxy) is 1. The van der Waals surface area contributed by atoms with Crippen LogP contribution in [0.2, 0.25) is 0 Å². The van der Waals surface area contributed by atoms with Crippen LogP contribution >= 0.6 is 0 Å². The van der Waals surface area contributed by atoms with Crippen LogP contribution in [0.25, 0.3) is 0 Å². The second-order valence-corrected chi connectivity index (χ2v) is 5.79. The summed E-state index contributed by atoms with van der Waals surface area (Å²) in [4.78, 5) is 23.6. The van der Waals surface area contributed by atoms with Crippen molar-refractivity contribution in [2.75, 3.05) is 0 Å². The molecule has 0 saturated carbocycles. The smallest absolute Gasteiger partial charge is 0.408 e. The van der Waals surface area contributed by atoms with Crippen molar-refractivity contribution in [3.63, 3.8) is 0 Å². The van der Waals surface area contributed by atoms with Gasteiger partial charge in [-0.05, 0) is 43.0 Å². The van der Waals surface area contributed by atoms with Gasteiger partial charge in [-0.3, -0.25) is 0 Å². The first kappa shape index (κ1) is 17.5. The Morgan fingerprint density at radius 1 is 1.08 bits per heavy atom. The lowest BCUT2D eigenvalue weighted by atomic mass is 9.94. The molecule has 0 heterocycles. The Morgan fingerprint density at radius 3 is 2.21 bits per heavy atom. The van der Waals surface area contributed by atoms with E-state index in [1.54, 1.807) is 0 Å². The van der Waals surface area contributed by atoms with Crippen LogP contribution < -0.4 is 5.32 Å². The van der Waals surface area contributed by atoms with E-state index >= 15 is 0 Å². The average Bonchev–Trinajstić information content (AvgIpc) is 2.52. The zero-order valence-corrected chi connectivity index (χ0v) is 14.0. The third-order valence-electron chi connectivity index (χ3n) is 3.75. The van der Waals surface area contributed by atoms with Crippen molar-refractivity contribution in [3.05, 3.63) is 70.3 Å². The van der Waals surface area contributed by atoms with Gasteiger partial charge in [0.25, 0.3) is 0 Å². The van der Waals surface area contributed by atoms with Gasteiger partial charge in [0.2, 0.25) is 0 Å². The van der Waals surface area contributed by atoms with Crippen molar-refractivity contribution in [2.24, 2.45) is 0 Å². The minimum Gasteiger partial charge on any atom is -0.479 e. The van der Waals surface area contributed by atoms with E-state index in [9.17, 15) is 14.7 Å². The second-order valence-electron chi connectivity index (χ2n) is 5.79. The molecule has 5 heteroatoms. The first-order valence-electron chi connectivity index (χ1n) is 7.66.